The molecule has 0 spiro atoms. The number of sulfonamides is 1. The second-order valence-corrected chi connectivity index (χ2v) is 5.81. The van der Waals surface area contributed by atoms with E-state index in [1.165, 1.54) is 18.0 Å². The zero-order valence-corrected chi connectivity index (χ0v) is 11.9. The molecule has 8 nitrogen and oxygen atoms in total. The van der Waals surface area contributed by atoms with Crippen LogP contribution in [0.4, 0.5) is 5.69 Å². The van der Waals surface area contributed by atoms with Gasteiger partial charge in [0.05, 0.1) is 17.5 Å². The summed E-state index contributed by atoms with van der Waals surface area (Å²) in [5.41, 5.74) is 5.13. The average molecular weight is 290 g/mol. The molecule has 1 rings (SSSR count). The molecule has 108 valence electrons. The molecule has 0 radical (unpaired) electrons. The standard InChI is InChI=1S/C10H18N4O4S/c1-4-14-5-8(9(12-14)10(11)15)13-19(16,17)6-7(2)18-3/h5,7,13H,4,6H2,1-3H3,(H2,11,15). The topological polar surface area (TPSA) is 116 Å². The van der Waals surface area contributed by atoms with Crippen LogP contribution in [-0.4, -0.2) is 43.1 Å². The first-order valence-corrected chi connectivity index (χ1v) is 7.34. The smallest absolute Gasteiger partial charge is 0.271 e. The van der Waals surface area contributed by atoms with Crippen molar-refractivity contribution in [3.05, 3.63) is 11.9 Å². The van der Waals surface area contributed by atoms with Crippen molar-refractivity contribution < 1.29 is 17.9 Å². The number of amides is 1. The summed E-state index contributed by atoms with van der Waals surface area (Å²) in [6.07, 6.45) is 0.963. The first-order valence-electron chi connectivity index (χ1n) is 5.69. The van der Waals surface area contributed by atoms with Crippen molar-refractivity contribution in [1.29, 1.82) is 0 Å². The summed E-state index contributed by atoms with van der Waals surface area (Å²) in [6.45, 7) is 3.93. The Morgan fingerprint density at radius 3 is 2.74 bits per heavy atom. The molecular formula is C10H18N4O4S. The molecule has 0 saturated carbocycles. The Hall–Kier alpha value is -1.61. The van der Waals surface area contributed by atoms with Gasteiger partial charge in [0.1, 0.15) is 0 Å². The lowest BCUT2D eigenvalue weighted by Crippen LogP contribution is -2.26. The van der Waals surface area contributed by atoms with Gasteiger partial charge in [-0.05, 0) is 13.8 Å². The predicted molar refractivity (Wildman–Crippen MR) is 70.3 cm³/mol. The zero-order chi connectivity index (χ0) is 14.6. The van der Waals surface area contributed by atoms with Crippen molar-refractivity contribution in [2.75, 3.05) is 17.6 Å². The molecule has 19 heavy (non-hydrogen) atoms. The Morgan fingerprint density at radius 2 is 2.26 bits per heavy atom. The molecule has 0 aliphatic heterocycles. The molecule has 1 heterocycles. The normalized spacial score (nSPS) is 13.2. The number of primary amides is 1. The van der Waals surface area contributed by atoms with Crippen molar-refractivity contribution in [1.82, 2.24) is 9.78 Å². The van der Waals surface area contributed by atoms with Crippen LogP contribution in [0.1, 0.15) is 24.3 Å². The van der Waals surface area contributed by atoms with Crippen molar-refractivity contribution in [2.24, 2.45) is 5.73 Å². The minimum atomic E-state index is -3.63. The van der Waals surface area contributed by atoms with Gasteiger partial charge in [0.15, 0.2) is 5.69 Å². The van der Waals surface area contributed by atoms with Crippen LogP contribution < -0.4 is 10.5 Å². The van der Waals surface area contributed by atoms with E-state index in [4.69, 9.17) is 10.5 Å². The molecule has 0 bridgehead atoms. The van der Waals surface area contributed by atoms with Crippen LogP contribution in [0.2, 0.25) is 0 Å². The molecule has 0 saturated heterocycles. The number of anilines is 1. The van der Waals surface area contributed by atoms with E-state index in [9.17, 15) is 13.2 Å². The van der Waals surface area contributed by atoms with Crippen LogP contribution in [0, 0.1) is 0 Å². The van der Waals surface area contributed by atoms with Crippen molar-refractivity contribution in [3.8, 4) is 0 Å². The first kappa shape index (κ1) is 15.4. The maximum atomic E-state index is 11.9. The number of carbonyl (C=O) groups excluding carboxylic acids is 1. The Kier molecular flexibility index (Phi) is 4.90. The Bertz CT molecular complexity index is 552. The van der Waals surface area contributed by atoms with Gasteiger partial charge in [-0.2, -0.15) is 5.10 Å². The minimum absolute atomic E-state index is 0.0812. The van der Waals surface area contributed by atoms with Crippen molar-refractivity contribution in [3.63, 3.8) is 0 Å². The summed E-state index contributed by atoms with van der Waals surface area (Å²) in [5.74, 6) is -1.01. The van der Waals surface area contributed by atoms with Crippen LogP contribution in [-0.2, 0) is 21.3 Å². The molecule has 1 unspecified atom stereocenters. The third-order valence-electron chi connectivity index (χ3n) is 2.44. The van der Waals surface area contributed by atoms with Crippen molar-refractivity contribution >= 4 is 21.6 Å². The van der Waals surface area contributed by atoms with E-state index < -0.39 is 22.0 Å². The number of nitrogens with one attached hydrogen (secondary N) is 1. The number of nitrogens with zero attached hydrogens (tertiary/aromatic N) is 2. The Labute approximate surface area is 112 Å². The SMILES string of the molecule is CCn1cc(NS(=O)(=O)CC(C)OC)c(C(N)=O)n1. The molecule has 9 heteroatoms. The fourth-order valence-electron chi connectivity index (χ4n) is 1.43. The summed E-state index contributed by atoms with van der Waals surface area (Å²) >= 11 is 0. The quantitative estimate of drug-likeness (QED) is 0.720. The van der Waals surface area contributed by atoms with Gasteiger partial charge in [0.2, 0.25) is 10.0 Å². The van der Waals surface area contributed by atoms with E-state index >= 15 is 0 Å². The number of aryl methyl sites for hydroxylation is 1. The van der Waals surface area contributed by atoms with Crippen LogP contribution in [0.15, 0.2) is 6.20 Å². The van der Waals surface area contributed by atoms with Crippen molar-refractivity contribution in [2.45, 2.75) is 26.5 Å². The fourth-order valence-corrected chi connectivity index (χ4v) is 2.75. The molecule has 0 aromatic carbocycles. The molecule has 0 aliphatic rings. The number of ether oxygens (including phenoxy) is 1. The number of rotatable bonds is 7. The summed E-state index contributed by atoms with van der Waals surface area (Å²) in [4.78, 5) is 11.2. The third-order valence-corrected chi connectivity index (χ3v) is 3.88. The highest BCUT2D eigenvalue weighted by molar-refractivity contribution is 7.92. The highest BCUT2D eigenvalue weighted by atomic mass is 32.2. The Morgan fingerprint density at radius 1 is 1.63 bits per heavy atom. The maximum Gasteiger partial charge on any atom is 0.271 e. The van der Waals surface area contributed by atoms with Gasteiger partial charge in [-0.25, -0.2) is 8.42 Å². The van der Waals surface area contributed by atoms with Gasteiger partial charge >= 0.3 is 0 Å². The van der Waals surface area contributed by atoms with Crippen LogP contribution in [0.25, 0.3) is 0 Å². The van der Waals surface area contributed by atoms with Gasteiger partial charge < -0.3 is 10.5 Å². The van der Waals surface area contributed by atoms with Crippen LogP contribution in [0.3, 0.4) is 0 Å². The summed E-state index contributed by atoms with van der Waals surface area (Å²) in [6, 6.07) is 0. The van der Waals surface area contributed by atoms with Crippen LogP contribution >= 0.6 is 0 Å². The molecule has 1 amide bonds. The van der Waals surface area contributed by atoms with E-state index in [0.29, 0.717) is 6.54 Å². The maximum absolute atomic E-state index is 11.9. The van der Waals surface area contributed by atoms with Gasteiger partial charge in [-0.3, -0.25) is 14.2 Å². The number of hydrogen-bond acceptors (Lipinski definition) is 5. The molecular weight excluding hydrogens is 272 g/mol. The van der Waals surface area contributed by atoms with E-state index in [-0.39, 0.29) is 17.1 Å². The number of carbonyl (C=O) groups is 1. The lowest BCUT2D eigenvalue weighted by atomic mass is 10.4. The van der Waals surface area contributed by atoms with Crippen LogP contribution in [0.5, 0.6) is 0 Å². The van der Waals surface area contributed by atoms with E-state index in [1.54, 1.807) is 6.92 Å². The first-order chi connectivity index (χ1) is 8.79. The second kappa shape index (κ2) is 6.02. The molecule has 0 fully saturated rings. The Balaban J connectivity index is 2.98. The average Bonchev–Trinajstić information content (AvgIpc) is 2.70. The summed E-state index contributed by atoms with van der Waals surface area (Å²) in [7, 11) is -2.21. The number of hydrogen-bond donors (Lipinski definition) is 2. The summed E-state index contributed by atoms with van der Waals surface area (Å²) < 4.78 is 32.3. The molecule has 3 N–H and O–H groups in total. The highest BCUT2D eigenvalue weighted by Gasteiger charge is 2.21. The predicted octanol–water partition coefficient (Wildman–Crippen LogP) is -0.221. The highest BCUT2D eigenvalue weighted by Crippen LogP contribution is 2.15. The van der Waals surface area contributed by atoms with E-state index in [1.807, 2.05) is 6.92 Å². The fraction of sp³-hybridized carbons (Fsp3) is 0.600. The lowest BCUT2D eigenvalue weighted by Gasteiger charge is -2.11. The van der Waals surface area contributed by atoms with E-state index in [0.717, 1.165) is 0 Å². The van der Waals surface area contributed by atoms with Gasteiger partial charge in [0, 0.05) is 19.9 Å². The van der Waals surface area contributed by atoms with E-state index in [2.05, 4.69) is 9.82 Å². The van der Waals surface area contributed by atoms with Gasteiger partial charge in [-0.15, -0.1) is 0 Å². The zero-order valence-electron chi connectivity index (χ0n) is 11.1. The van der Waals surface area contributed by atoms with Gasteiger partial charge in [-0.1, -0.05) is 0 Å². The third kappa shape index (κ3) is 4.21. The van der Waals surface area contributed by atoms with Gasteiger partial charge in [0.25, 0.3) is 5.91 Å². The molecule has 1 atom stereocenters. The number of methoxy groups -OCH3 is 1. The molecule has 0 aliphatic carbocycles. The molecule has 1 aromatic heterocycles. The summed E-state index contributed by atoms with van der Waals surface area (Å²) in [5, 5.41) is 3.90. The lowest BCUT2D eigenvalue weighted by molar-refractivity contribution is 0.0995. The molecule has 1 aromatic rings. The minimum Gasteiger partial charge on any atom is -0.381 e. The number of nitrogens with two attached hydrogens (primary N) is 1. The monoisotopic (exact) mass is 290 g/mol. The largest absolute Gasteiger partial charge is 0.381 e. The second-order valence-electron chi connectivity index (χ2n) is 4.04. The number of aromatic nitrogens is 2.